The van der Waals surface area contributed by atoms with E-state index in [2.05, 4.69) is 10.3 Å². The predicted octanol–water partition coefficient (Wildman–Crippen LogP) is 1.75. The van der Waals surface area contributed by atoms with E-state index in [-0.39, 0.29) is 18.0 Å². The molecule has 1 aromatic carbocycles. The van der Waals surface area contributed by atoms with E-state index in [4.69, 9.17) is 4.74 Å². The van der Waals surface area contributed by atoms with Crippen LogP contribution in [0.5, 0.6) is 0 Å². The first-order chi connectivity index (χ1) is 12.6. The number of hydrogen-bond acceptors (Lipinski definition) is 6. The molecule has 0 saturated carbocycles. The van der Waals surface area contributed by atoms with E-state index in [1.54, 1.807) is 18.7 Å². The van der Waals surface area contributed by atoms with Crippen LogP contribution in [-0.4, -0.2) is 48.0 Å². The molecule has 1 aliphatic heterocycles. The lowest BCUT2D eigenvalue weighted by molar-refractivity contribution is -0.116. The van der Waals surface area contributed by atoms with Crippen LogP contribution < -0.4 is 15.8 Å². The van der Waals surface area contributed by atoms with Gasteiger partial charge in [0.1, 0.15) is 6.54 Å². The Morgan fingerprint density at radius 1 is 1.31 bits per heavy atom. The molecular weight excluding hydrogens is 352 g/mol. The number of anilines is 2. The number of ether oxygens (including phenoxy) is 1. The normalized spacial score (nSPS) is 14.3. The molecule has 0 radical (unpaired) electrons. The lowest BCUT2D eigenvalue weighted by Crippen LogP contribution is -2.41. The number of amides is 1. The van der Waals surface area contributed by atoms with Crippen molar-refractivity contribution in [2.45, 2.75) is 18.4 Å². The second-order valence-electron chi connectivity index (χ2n) is 6.00. The van der Waals surface area contributed by atoms with Crippen molar-refractivity contribution >= 4 is 29.3 Å². The summed E-state index contributed by atoms with van der Waals surface area (Å²) in [6, 6.07) is 9.05. The van der Waals surface area contributed by atoms with Gasteiger partial charge in [-0.3, -0.25) is 14.2 Å². The largest absolute Gasteiger partial charge is 0.378 e. The molecule has 7 nitrogen and oxygen atoms in total. The number of benzene rings is 1. The van der Waals surface area contributed by atoms with Crippen LogP contribution in [0.4, 0.5) is 11.6 Å². The van der Waals surface area contributed by atoms with Gasteiger partial charge in [0.15, 0.2) is 0 Å². The number of rotatable bonds is 5. The van der Waals surface area contributed by atoms with Crippen molar-refractivity contribution in [1.29, 1.82) is 0 Å². The minimum absolute atomic E-state index is 0.0811. The van der Waals surface area contributed by atoms with Crippen LogP contribution in [0.2, 0.25) is 0 Å². The zero-order valence-corrected chi connectivity index (χ0v) is 15.7. The topological polar surface area (TPSA) is 76.5 Å². The third-order valence-corrected chi connectivity index (χ3v) is 4.79. The Kier molecular flexibility index (Phi) is 5.95. The van der Waals surface area contributed by atoms with Crippen molar-refractivity contribution in [2.24, 2.45) is 0 Å². The monoisotopic (exact) mass is 374 g/mol. The lowest BCUT2D eigenvalue weighted by Gasteiger charge is -2.29. The van der Waals surface area contributed by atoms with Crippen LogP contribution >= 0.6 is 11.8 Å². The Morgan fingerprint density at radius 3 is 2.81 bits per heavy atom. The summed E-state index contributed by atoms with van der Waals surface area (Å²) in [4.78, 5) is 32.5. The summed E-state index contributed by atoms with van der Waals surface area (Å²) in [6.45, 7) is 4.15. The first-order valence-corrected chi connectivity index (χ1v) is 9.64. The molecule has 2 aromatic rings. The molecular formula is C18H22N4O3S. The summed E-state index contributed by atoms with van der Waals surface area (Å²) < 4.78 is 6.79. The van der Waals surface area contributed by atoms with Crippen molar-refractivity contribution < 1.29 is 9.53 Å². The fraction of sp³-hybridized carbons (Fsp3) is 0.389. The third kappa shape index (κ3) is 4.44. The number of aryl methyl sites for hydroxylation is 1. The molecule has 0 atom stereocenters. The summed E-state index contributed by atoms with van der Waals surface area (Å²) in [5.41, 5.74) is 1.12. The SMILES string of the molecule is CSc1cccc(NC(=O)Cn2c(N3CCOCC3)nc(C)cc2=O)c1. The van der Waals surface area contributed by atoms with Gasteiger partial charge in [0.2, 0.25) is 11.9 Å². The van der Waals surface area contributed by atoms with E-state index >= 15 is 0 Å². The molecule has 1 fully saturated rings. The van der Waals surface area contributed by atoms with Gasteiger partial charge in [-0.05, 0) is 31.4 Å². The molecule has 1 saturated heterocycles. The Labute approximate surface area is 156 Å². The van der Waals surface area contributed by atoms with E-state index in [9.17, 15) is 9.59 Å². The van der Waals surface area contributed by atoms with Crippen molar-refractivity contribution in [2.75, 3.05) is 42.8 Å². The third-order valence-electron chi connectivity index (χ3n) is 4.07. The number of carbonyl (C=O) groups excluding carboxylic acids is 1. The van der Waals surface area contributed by atoms with Crippen LogP contribution in [0, 0.1) is 6.92 Å². The summed E-state index contributed by atoms with van der Waals surface area (Å²) in [5.74, 6) is 0.261. The first kappa shape index (κ1) is 18.5. The van der Waals surface area contributed by atoms with Gasteiger partial charge in [-0.1, -0.05) is 6.07 Å². The zero-order chi connectivity index (χ0) is 18.5. The quantitative estimate of drug-likeness (QED) is 0.804. The molecule has 1 aliphatic rings. The van der Waals surface area contributed by atoms with Crippen molar-refractivity contribution in [3.63, 3.8) is 0 Å². The standard InChI is InChI=1S/C18H22N4O3S/c1-13-10-17(24)22(18(19-13)21-6-8-25-9-7-21)12-16(23)20-14-4-3-5-15(11-14)26-2/h3-5,10-11H,6-9,12H2,1-2H3,(H,20,23). The highest BCUT2D eigenvalue weighted by Crippen LogP contribution is 2.19. The highest BCUT2D eigenvalue weighted by atomic mass is 32.2. The second kappa shape index (κ2) is 8.37. The number of aromatic nitrogens is 2. The maximum atomic E-state index is 12.5. The van der Waals surface area contributed by atoms with Crippen LogP contribution in [0.3, 0.4) is 0 Å². The van der Waals surface area contributed by atoms with Gasteiger partial charge >= 0.3 is 0 Å². The highest BCUT2D eigenvalue weighted by Gasteiger charge is 2.19. The number of nitrogens with one attached hydrogen (secondary N) is 1. The number of hydrogen-bond donors (Lipinski definition) is 1. The van der Waals surface area contributed by atoms with Crippen LogP contribution in [0.1, 0.15) is 5.69 Å². The van der Waals surface area contributed by atoms with E-state index in [1.165, 1.54) is 10.6 Å². The van der Waals surface area contributed by atoms with Gasteiger partial charge in [-0.25, -0.2) is 4.98 Å². The minimum atomic E-state index is -0.259. The van der Waals surface area contributed by atoms with Gasteiger partial charge < -0.3 is 15.0 Å². The Balaban J connectivity index is 1.81. The first-order valence-electron chi connectivity index (χ1n) is 8.42. The van der Waals surface area contributed by atoms with Gasteiger partial charge in [0, 0.05) is 35.4 Å². The van der Waals surface area contributed by atoms with Crippen LogP contribution in [0.25, 0.3) is 0 Å². The highest BCUT2D eigenvalue weighted by molar-refractivity contribution is 7.98. The average Bonchev–Trinajstić information content (AvgIpc) is 2.64. The molecule has 2 heterocycles. The van der Waals surface area contributed by atoms with E-state index < -0.39 is 0 Å². The maximum Gasteiger partial charge on any atom is 0.255 e. The Hall–Kier alpha value is -2.32. The maximum absolute atomic E-state index is 12.5. The van der Waals surface area contributed by atoms with E-state index in [0.29, 0.717) is 43.6 Å². The summed E-state index contributed by atoms with van der Waals surface area (Å²) >= 11 is 1.60. The number of thioether (sulfide) groups is 1. The Bertz CT molecular complexity index is 847. The zero-order valence-electron chi connectivity index (χ0n) is 14.9. The predicted molar refractivity (Wildman–Crippen MR) is 103 cm³/mol. The molecule has 0 aliphatic carbocycles. The van der Waals surface area contributed by atoms with Crippen molar-refractivity contribution in [1.82, 2.24) is 9.55 Å². The molecule has 26 heavy (non-hydrogen) atoms. The number of morpholine rings is 1. The van der Waals surface area contributed by atoms with Gasteiger partial charge in [0.25, 0.3) is 5.56 Å². The smallest absolute Gasteiger partial charge is 0.255 e. The molecule has 1 N–H and O–H groups in total. The van der Waals surface area contributed by atoms with Crippen molar-refractivity contribution in [3.05, 3.63) is 46.4 Å². The molecule has 138 valence electrons. The Morgan fingerprint density at radius 2 is 2.08 bits per heavy atom. The van der Waals surface area contributed by atoms with E-state index in [0.717, 1.165) is 4.90 Å². The summed E-state index contributed by atoms with van der Waals surface area (Å²) in [7, 11) is 0. The molecule has 8 heteroatoms. The van der Waals surface area contributed by atoms with Crippen LogP contribution in [-0.2, 0) is 16.1 Å². The molecule has 0 unspecified atom stereocenters. The lowest BCUT2D eigenvalue weighted by atomic mass is 10.3. The van der Waals surface area contributed by atoms with Crippen LogP contribution in [0.15, 0.2) is 40.0 Å². The molecule has 3 rings (SSSR count). The molecule has 0 spiro atoms. The van der Waals surface area contributed by atoms with Gasteiger partial charge in [-0.2, -0.15) is 0 Å². The van der Waals surface area contributed by atoms with Crippen molar-refractivity contribution in [3.8, 4) is 0 Å². The second-order valence-corrected chi connectivity index (χ2v) is 6.88. The van der Waals surface area contributed by atoms with E-state index in [1.807, 2.05) is 35.4 Å². The summed E-state index contributed by atoms with van der Waals surface area (Å²) in [5, 5.41) is 2.85. The fourth-order valence-corrected chi connectivity index (χ4v) is 3.26. The summed E-state index contributed by atoms with van der Waals surface area (Å²) in [6.07, 6.45) is 1.98. The molecule has 1 amide bonds. The number of nitrogens with zero attached hydrogens (tertiary/aromatic N) is 3. The van der Waals surface area contributed by atoms with Gasteiger partial charge in [0.05, 0.1) is 13.2 Å². The molecule has 0 bridgehead atoms. The average molecular weight is 374 g/mol. The molecule has 1 aromatic heterocycles. The number of carbonyl (C=O) groups is 1. The fourth-order valence-electron chi connectivity index (χ4n) is 2.80. The minimum Gasteiger partial charge on any atom is -0.378 e. The van der Waals surface area contributed by atoms with Gasteiger partial charge in [-0.15, -0.1) is 11.8 Å².